The highest BCUT2D eigenvalue weighted by Crippen LogP contribution is 2.08. The number of nitrogens with one attached hydrogen (secondary N) is 1. The van der Waals surface area contributed by atoms with Crippen molar-refractivity contribution in [2.75, 3.05) is 26.4 Å². The van der Waals surface area contributed by atoms with E-state index in [1.807, 2.05) is 0 Å². The van der Waals surface area contributed by atoms with Gasteiger partial charge in [-0.05, 0) is 43.6 Å². The van der Waals surface area contributed by atoms with Gasteiger partial charge >= 0.3 is 26.6 Å². The molecule has 0 aliphatic carbocycles. The summed E-state index contributed by atoms with van der Waals surface area (Å²) in [5, 5.41) is 2.46. The Hall–Kier alpha value is -2.43. The number of amides is 1. The van der Waals surface area contributed by atoms with Gasteiger partial charge in [-0.15, -0.1) is 0 Å². The van der Waals surface area contributed by atoms with E-state index in [2.05, 4.69) is 5.32 Å². The Labute approximate surface area is 164 Å². The van der Waals surface area contributed by atoms with E-state index in [0.29, 0.717) is 17.5 Å². The van der Waals surface area contributed by atoms with E-state index in [0.717, 1.165) is 0 Å². The van der Waals surface area contributed by atoms with E-state index in [1.165, 1.54) is 6.55 Å². The standard InChI is InChI=1S/C18H27NO8Si/c1-3-25-17(21)15-7-4-6-14(12-15)13-16(20)26-9-10-27-18(22)19-8-5-11-28(2,23)24/h4,6-7,12,23-24H,3,5,8-11,13H2,1-2H3,(H,19,22). The van der Waals surface area contributed by atoms with Crippen LogP contribution < -0.4 is 5.32 Å². The summed E-state index contributed by atoms with van der Waals surface area (Å²) in [5.41, 5.74) is 0.968. The molecular weight excluding hydrogens is 386 g/mol. The molecule has 0 atom stereocenters. The molecule has 0 saturated heterocycles. The van der Waals surface area contributed by atoms with E-state index >= 15 is 0 Å². The molecule has 1 rings (SSSR count). The zero-order valence-corrected chi connectivity index (χ0v) is 17.1. The molecule has 0 fully saturated rings. The summed E-state index contributed by atoms with van der Waals surface area (Å²) in [5.74, 6) is -0.970. The van der Waals surface area contributed by atoms with Crippen molar-refractivity contribution in [2.24, 2.45) is 0 Å². The normalized spacial score (nSPS) is 10.9. The van der Waals surface area contributed by atoms with Crippen LogP contribution in [0, 0.1) is 0 Å². The Morgan fingerprint density at radius 1 is 1.11 bits per heavy atom. The highest BCUT2D eigenvalue weighted by atomic mass is 28.4. The number of carbonyl (C=O) groups is 3. The molecule has 0 aromatic heterocycles. The average molecular weight is 413 g/mol. The summed E-state index contributed by atoms with van der Waals surface area (Å²) in [7, 11) is -3.09. The zero-order chi connectivity index (χ0) is 21.0. The van der Waals surface area contributed by atoms with Crippen molar-refractivity contribution < 1.29 is 38.2 Å². The van der Waals surface area contributed by atoms with E-state index in [9.17, 15) is 24.0 Å². The smallest absolute Gasteiger partial charge is 0.407 e. The summed E-state index contributed by atoms with van der Waals surface area (Å²) in [6.07, 6.45) is -0.257. The molecule has 0 aliphatic rings. The fraction of sp³-hybridized carbons (Fsp3) is 0.500. The molecule has 0 radical (unpaired) electrons. The van der Waals surface area contributed by atoms with Crippen molar-refractivity contribution in [3.63, 3.8) is 0 Å². The molecule has 1 aromatic rings. The first kappa shape index (κ1) is 23.6. The summed E-state index contributed by atoms with van der Waals surface area (Å²) in [6, 6.07) is 6.77. The van der Waals surface area contributed by atoms with Crippen LogP contribution in [0.1, 0.15) is 29.3 Å². The minimum absolute atomic E-state index is 0.0234. The quantitative estimate of drug-likeness (QED) is 0.213. The first-order valence-corrected chi connectivity index (χ1v) is 11.6. The molecule has 3 N–H and O–H groups in total. The predicted molar refractivity (Wildman–Crippen MR) is 102 cm³/mol. The maximum absolute atomic E-state index is 11.8. The van der Waals surface area contributed by atoms with Crippen molar-refractivity contribution in [1.82, 2.24) is 5.32 Å². The SMILES string of the molecule is CCOC(=O)c1cccc(CC(=O)OCCOC(=O)NCCC[Si](C)(O)O)c1. The van der Waals surface area contributed by atoms with Gasteiger partial charge in [0.15, 0.2) is 0 Å². The monoisotopic (exact) mass is 413 g/mol. The molecule has 28 heavy (non-hydrogen) atoms. The molecule has 9 nitrogen and oxygen atoms in total. The van der Waals surface area contributed by atoms with Gasteiger partial charge in [0.1, 0.15) is 13.2 Å². The largest absolute Gasteiger partial charge is 0.462 e. The highest BCUT2D eigenvalue weighted by Gasteiger charge is 2.20. The summed E-state index contributed by atoms with van der Waals surface area (Å²) in [6.45, 7) is 3.44. The molecule has 0 heterocycles. The van der Waals surface area contributed by atoms with Crippen LogP contribution in [0.2, 0.25) is 12.6 Å². The Morgan fingerprint density at radius 3 is 2.50 bits per heavy atom. The molecule has 156 valence electrons. The lowest BCUT2D eigenvalue weighted by molar-refractivity contribution is -0.143. The number of alkyl carbamates (subject to hydrolysis) is 1. The minimum atomic E-state index is -3.09. The number of hydrogen-bond acceptors (Lipinski definition) is 8. The number of ether oxygens (including phenoxy) is 3. The molecule has 0 aliphatic heterocycles. The maximum Gasteiger partial charge on any atom is 0.407 e. The molecule has 1 amide bonds. The van der Waals surface area contributed by atoms with Gasteiger partial charge in [-0.2, -0.15) is 0 Å². The van der Waals surface area contributed by atoms with E-state index in [4.69, 9.17) is 14.2 Å². The van der Waals surface area contributed by atoms with E-state index in [1.54, 1.807) is 31.2 Å². The third-order valence-electron chi connectivity index (χ3n) is 3.46. The number of hydrogen-bond donors (Lipinski definition) is 3. The second-order valence-corrected chi connectivity index (χ2v) is 9.14. The molecule has 10 heteroatoms. The Kier molecular flexibility index (Phi) is 10.2. The molecular formula is C18H27NO8Si. The summed E-state index contributed by atoms with van der Waals surface area (Å²) < 4.78 is 14.8. The van der Waals surface area contributed by atoms with Crippen LogP contribution in [0.15, 0.2) is 24.3 Å². The number of rotatable bonds is 11. The first-order chi connectivity index (χ1) is 13.2. The van der Waals surface area contributed by atoms with Crippen LogP contribution in [-0.2, 0) is 25.4 Å². The average Bonchev–Trinajstić information content (AvgIpc) is 2.62. The van der Waals surface area contributed by atoms with Crippen LogP contribution in [0.25, 0.3) is 0 Å². The van der Waals surface area contributed by atoms with Crippen molar-refractivity contribution >= 4 is 26.6 Å². The third-order valence-corrected chi connectivity index (χ3v) is 4.76. The van der Waals surface area contributed by atoms with Crippen LogP contribution >= 0.6 is 0 Å². The lowest BCUT2D eigenvalue weighted by atomic mass is 10.1. The predicted octanol–water partition coefficient (Wildman–Crippen LogP) is 1.12. The fourth-order valence-electron chi connectivity index (χ4n) is 2.20. The molecule has 1 aromatic carbocycles. The van der Waals surface area contributed by atoms with Gasteiger partial charge in [-0.3, -0.25) is 4.79 Å². The fourth-order valence-corrected chi connectivity index (χ4v) is 3.04. The third kappa shape index (κ3) is 10.7. The van der Waals surface area contributed by atoms with Crippen molar-refractivity contribution in [2.45, 2.75) is 32.4 Å². The topological polar surface area (TPSA) is 131 Å². The number of carbonyl (C=O) groups excluding carboxylic acids is 3. The molecule has 0 bridgehead atoms. The zero-order valence-electron chi connectivity index (χ0n) is 16.1. The van der Waals surface area contributed by atoms with Crippen LogP contribution in [0.5, 0.6) is 0 Å². The van der Waals surface area contributed by atoms with Crippen molar-refractivity contribution in [3.05, 3.63) is 35.4 Å². The first-order valence-electron chi connectivity index (χ1n) is 8.98. The molecule has 0 saturated carbocycles. The minimum Gasteiger partial charge on any atom is -0.462 e. The van der Waals surface area contributed by atoms with Gasteiger partial charge in [0, 0.05) is 6.54 Å². The molecule has 0 unspecified atom stereocenters. The van der Waals surface area contributed by atoms with Crippen molar-refractivity contribution in [3.8, 4) is 0 Å². The van der Waals surface area contributed by atoms with E-state index in [-0.39, 0.29) is 38.8 Å². The highest BCUT2D eigenvalue weighted by molar-refractivity contribution is 6.63. The van der Waals surface area contributed by atoms with Crippen molar-refractivity contribution in [1.29, 1.82) is 0 Å². The van der Waals surface area contributed by atoms with Gasteiger partial charge in [0.25, 0.3) is 0 Å². The van der Waals surface area contributed by atoms with Crippen LogP contribution in [0.3, 0.4) is 0 Å². The second kappa shape index (κ2) is 12.1. The van der Waals surface area contributed by atoms with Gasteiger partial charge in [-0.1, -0.05) is 12.1 Å². The van der Waals surface area contributed by atoms with Gasteiger partial charge < -0.3 is 29.1 Å². The number of benzene rings is 1. The van der Waals surface area contributed by atoms with Crippen LogP contribution in [0.4, 0.5) is 4.79 Å². The Balaban J connectivity index is 2.22. The summed E-state index contributed by atoms with van der Waals surface area (Å²) in [4.78, 5) is 53.5. The molecule has 0 spiro atoms. The van der Waals surface area contributed by atoms with E-state index < -0.39 is 26.6 Å². The van der Waals surface area contributed by atoms with Gasteiger partial charge in [-0.25, -0.2) is 9.59 Å². The second-order valence-electron chi connectivity index (χ2n) is 6.20. The summed E-state index contributed by atoms with van der Waals surface area (Å²) >= 11 is 0. The number of esters is 2. The van der Waals surface area contributed by atoms with Gasteiger partial charge in [0.05, 0.1) is 18.6 Å². The maximum atomic E-state index is 11.8. The van der Waals surface area contributed by atoms with Crippen LogP contribution in [-0.4, -0.2) is 62.5 Å². The lowest BCUT2D eigenvalue weighted by Gasteiger charge is -2.11. The Morgan fingerprint density at radius 2 is 1.82 bits per heavy atom. The van der Waals surface area contributed by atoms with Gasteiger partial charge in [0.2, 0.25) is 0 Å². The Bertz CT molecular complexity index is 659. The lowest BCUT2D eigenvalue weighted by Crippen LogP contribution is -2.32.